The summed E-state index contributed by atoms with van der Waals surface area (Å²) >= 11 is 6.24. The number of rotatable bonds is 13. The zero-order valence-electron chi connectivity index (χ0n) is 34.3. The van der Waals surface area contributed by atoms with Crippen LogP contribution in [-0.2, 0) is 14.8 Å². The number of nitrogens with zero attached hydrogens (tertiary/aromatic N) is 4. The normalized spacial score (nSPS) is 17.7. The van der Waals surface area contributed by atoms with Crippen LogP contribution in [0.1, 0.15) is 72.2 Å². The first-order valence-corrected chi connectivity index (χ1v) is 22.4. The smallest absolute Gasteiger partial charge is 0.281 e. The number of pyridine rings is 2. The number of sulfonamides is 1. The predicted octanol–water partition coefficient (Wildman–Crippen LogP) is 7.21. The fraction of sp³-hybridized carbons (Fsp3) is 0.378. The van der Waals surface area contributed by atoms with Crippen molar-refractivity contribution in [3.63, 3.8) is 0 Å². The lowest BCUT2D eigenvalue weighted by Gasteiger charge is -2.39. The number of carbonyl (C=O) groups is 2. The molecule has 3 aliphatic rings. The number of amides is 2. The third-order valence-electron chi connectivity index (χ3n) is 11.7. The monoisotopic (exact) mass is 867 g/mol. The van der Waals surface area contributed by atoms with Gasteiger partial charge in [-0.1, -0.05) is 43.2 Å². The molecule has 2 saturated heterocycles. The number of anilines is 1. The molecule has 0 radical (unpaired) electrons. The van der Waals surface area contributed by atoms with Crippen molar-refractivity contribution in [2.24, 2.45) is 17.1 Å². The van der Waals surface area contributed by atoms with Crippen molar-refractivity contribution in [3.05, 3.63) is 106 Å². The van der Waals surface area contributed by atoms with E-state index >= 15 is 0 Å². The minimum atomic E-state index is -4.57. The summed E-state index contributed by atoms with van der Waals surface area (Å²) in [6.07, 6.45) is 8.01. The lowest BCUT2D eigenvalue weighted by Crippen LogP contribution is -2.47. The van der Waals surface area contributed by atoms with Crippen molar-refractivity contribution in [3.8, 4) is 17.4 Å². The van der Waals surface area contributed by atoms with E-state index in [0.29, 0.717) is 24.6 Å². The number of aromatic nitrogens is 3. The average Bonchev–Trinajstić information content (AvgIpc) is 3.72. The third kappa shape index (κ3) is 10.0. The molecule has 0 atom stereocenters. The SMILES string of the molecule is CC1(C)CCC(CN2CCN(c3ccc(C(=O)NS(=O)(=O)c4ccc(C(N)=O)c(OCC5CCOCC5)n4)c(Oc4cnc5[nH]ccc5c4)c3)CC2)=C(c2ccc(Cl)cc2)C1. The van der Waals surface area contributed by atoms with Gasteiger partial charge in [0, 0.05) is 74.3 Å². The number of hydrogen-bond acceptors (Lipinski definition) is 11. The summed E-state index contributed by atoms with van der Waals surface area (Å²) in [5.41, 5.74) is 11.3. The fourth-order valence-corrected chi connectivity index (χ4v) is 9.22. The van der Waals surface area contributed by atoms with Crippen LogP contribution in [0.15, 0.2) is 89.7 Å². The molecule has 5 aromatic rings. The van der Waals surface area contributed by atoms with E-state index in [0.717, 1.165) is 87.0 Å². The van der Waals surface area contributed by atoms with E-state index in [9.17, 15) is 18.0 Å². The van der Waals surface area contributed by atoms with Gasteiger partial charge in [-0.3, -0.25) is 14.5 Å². The van der Waals surface area contributed by atoms with E-state index in [1.54, 1.807) is 30.5 Å². The van der Waals surface area contributed by atoms with Crippen molar-refractivity contribution in [1.29, 1.82) is 0 Å². The molecule has 61 heavy (non-hydrogen) atoms. The quantitative estimate of drug-likeness (QED) is 0.109. The minimum Gasteiger partial charge on any atom is -0.477 e. The highest BCUT2D eigenvalue weighted by molar-refractivity contribution is 7.90. The first-order chi connectivity index (χ1) is 29.3. The van der Waals surface area contributed by atoms with Crippen LogP contribution >= 0.6 is 11.6 Å². The van der Waals surface area contributed by atoms with E-state index in [2.05, 4.69) is 55.5 Å². The largest absolute Gasteiger partial charge is 0.477 e. The molecule has 14 nitrogen and oxygen atoms in total. The number of nitrogens with one attached hydrogen (secondary N) is 2. The van der Waals surface area contributed by atoms with Crippen LogP contribution in [0, 0.1) is 11.3 Å². The molecule has 8 rings (SSSR count). The van der Waals surface area contributed by atoms with E-state index in [1.165, 1.54) is 29.0 Å². The second-order valence-electron chi connectivity index (χ2n) is 16.7. The summed E-state index contributed by atoms with van der Waals surface area (Å²) in [5, 5.41) is 1.02. The van der Waals surface area contributed by atoms with Crippen molar-refractivity contribution in [1.82, 2.24) is 24.6 Å². The first kappa shape index (κ1) is 42.2. The second kappa shape index (κ2) is 17.9. The maximum absolute atomic E-state index is 13.9. The van der Waals surface area contributed by atoms with Gasteiger partial charge in [-0.15, -0.1) is 0 Å². The number of primary amides is 1. The topological polar surface area (TPSA) is 182 Å². The molecular formula is C45H50ClN7O7S. The molecule has 0 saturated carbocycles. The molecule has 0 unspecified atom stereocenters. The summed E-state index contributed by atoms with van der Waals surface area (Å²) in [7, 11) is -4.57. The summed E-state index contributed by atoms with van der Waals surface area (Å²) in [6.45, 7) is 10.0. The second-order valence-corrected chi connectivity index (χ2v) is 18.8. The molecule has 5 heterocycles. The van der Waals surface area contributed by atoms with Crippen molar-refractivity contribution in [2.75, 3.05) is 57.4 Å². The molecule has 2 amide bonds. The summed E-state index contributed by atoms with van der Waals surface area (Å²) in [6, 6.07) is 19.3. The Morgan fingerprint density at radius 3 is 2.51 bits per heavy atom. The molecule has 2 aliphatic heterocycles. The van der Waals surface area contributed by atoms with Crippen LogP contribution < -0.4 is 24.8 Å². The lowest BCUT2D eigenvalue weighted by molar-refractivity contribution is 0.0487. The van der Waals surface area contributed by atoms with Gasteiger partial charge in [0.25, 0.3) is 21.8 Å². The fourth-order valence-electron chi connectivity index (χ4n) is 8.19. The summed E-state index contributed by atoms with van der Waals surface area (Å²) in [4.78, 5) is 42.5. The van der Waals surface area contributed by atoms with Crippen LogP contribution in [0.25, 0.3) is 16.6 Å². The maximum atomic E-state index is 13.9. The number of H-pyrrole nitrogens is 1. The van der Waals surface area contributed by atoms with Crippen molar-refractivity contribution < 1.29 is 32.2 Å². The zero-order chi connectivity index (χ0) is 42.7. The van der Waals surface area contributed by atoms with Crippen molar-refractivity contribution >= 4 is 55.7 Å². The molecular weight excluding hydrogens is 818 g/mol. The minimum absolute atomic E-state index is 0.0215. The Bertz CT molecular complexity index is 2560. The van der Waals surface area contributed by atoms with Gasteiger partial charge in [0.05, 0.1) is 18.4 Å². The Hall–Kier alpha value is -5.48. The Labute approximate surface area is 360 Å². The van der Waals surface area contributed by atoms with Crippen LogP contribution in [0.3, 0.4) is 0 Å². The zero-order valence-corrected chi connectivity index (χ0v) is 35.9. The van der Waals surface area contributed by atoms with Gasteiger partial charge in [-0.05, 0) is 103 Å². The van der Waals surface area contributed by atoms with E-state index in [1.807, 2.05) is 18.2 Å². The van der Waals surface area contributed by atoms with Gasteiger partial charge in [0.2, 0.25) is 5.88 Å². The number of carbonyl (C=O) groups excluding carboxylic acids is 2. The highest BCUT2D eigenvalue weighted by Crippen LogP contribution is 2.43. The predicted molar refractivity (Wildman–Crippen MR) is 234 cm³/mol. The van der Waals surface area contributed by atoms with Gasteiger partial charge < -0.3 is 29.8 Å². The molecule has 0 spiro atoms. The van der Waals surface area contributed by atoms with Crippen LogP contribution in [0.5, 0.6) is 17.4 Å². The van der Waals surface area contributed by atoms with Gasteiger partial charge in [-0.25, -0.2) is 9.71 Å². The highest BCUT2D eigenvalue weighted by atomic mass is 35.5. The molecule has 1 aliphatic carbocycles. The summed E-state index contributed by atoms with van der Waals surface area (Å²) in [5.74, 6) is -1.35. The molecule has 2 aromatic carbocycles. The van der Waals surface area contributed by atoms with Gasteiger partial charge in [0.15, 0.2) is 5.03 Å². The number of hydrogen-bond donors (Lipinski definition) is 3. The average molecular weight is 868 g/mol. The van der Waals surface area contributed by atoms with E-state index in [4.69, 9.17) is 31.5 Å². The number of ether oxygens (including phenoxy) is 3. The number of piperazine rings is 1. The lowest BCUT2D eigenvalue weighted by atomic mass is 9.72. The molecule has 320 valence electrons. The Kier molecular flexibility index (Phi) is 12.4. The molecule has 16 heteroatoms. The number of allylic oxidation sites excluding steroid dienone is 1. The molecule has 2 fully saturated rings. The van der Waals surface area contributed by atoms with Crippen LogP contribution in [0.2, 0.25) is 5.02 Å². The highest BCUT2D eigenvalue weighted by Gasteiger charge is 2.31. The third-order valence-corrected chi connectivity index (χ3v) is 13.2. The Morgan fingerprint density at radius 1 is 1.00 bits per heavy atom. The number of halogens is 1. The van der Waals surface area contributed by atoms with Crippen molar-refractivity contribution in [2.45, 2.75) is 51.0 Å². The molecule has 3 aromatic heterocycles. The Balaban J connectivity index is 1.01. The van der Waals surface area contributed by atoms with Crippen LogP contribution in [0.4, 0.5) is 5.69 Å². The van der Waals surface area contributed by atoms with E-state index in [-0.39, 0.29) is 40.7 Å². The summed E-state index contributed by atoms with van der Waals surface area (Å²) < 4.78 is 47.1. The first-order valence-electron chi connectivity index (χ1n) is 20.6. The van der Waals surface area contributed by atoms with Gasteiger partial charge >= 0.3 is 0 Å². The number of benzene rings is 2. The maximum Gasteiger partial charge on any atom is 0.281 e. The number of fused-ring (bicyclic) bond motifs is 1. The molecule has 0 bridgehead atoms. The number of aromatic amines is 1. The number of nitrogens with two attached hydrogens (primary N) is 1. The van der Waals surface area contributed by atoms with Crippen LogP contribution in [-0.4, -0.2) is 92.6 Å². The van der Waals surface area contributed by atoms with Gasteiger partial charge in [-0.2, -0.15) is 13.4 Å². The van der Waals surface area contributed by atoms with E-state index < -0.39 is 26.9 Å². The Morgan fingerprint density at radius 2 is 1.75 bits per heavy atom. The van der Waals surface area contributed by atoms with Gasteiger partial charge in [0.1, 0.15) is 22.7 Å². The standard InChI is InChI=1S/C45H50ClN7O7S/c1-45(2)15-11-32(38(25-45)30-3-5-33(46)6-4-30)27-52-17-19-53(20-18-52)34-7-8-36(39(24-34)60-35-23-31-12-16-48-42(31)49-26-35)43(55)51-61(56,57)40-10-9-37(41(47)54)44(50-40)59-28-29-13-21-58-22-14-29/h3-10,12,16,23-24,26,29H,11,13-15,17-22,25,27-28H2,1-2H3,(H2,47,54)(H,48,49)(H,51,55). The molecule has 4 N–H and O–H groups in total.